The zero-order chi connectivity index (χ0) is 15.9. The van der Waals surface area contributed by atoms with Crippen LogP contribution in [-0.4, -0.2) is 18.3 Å². The summed E-state index contributed by atoms with van der Waals surface area (Å²) in [5, 5.41) is 2.80. The molecule has 1 N–H and O–H groups in total. The molecule has 0 spiro atoms. The number of hydrogen-bond acceptors (Lipinski definition) is 3. The predicted octanol–water partition coefficient (Wildman–Crippen LogP) is 4.26. The third kappa shape index (κ3) is 4.90. The number of benzene rings is 2. The zero-order valence-corrected chi connectivity index (χ0v) is 13.9. The Hall–Kier alpha value is -1.78. The van der Waals surface area contributed by atoms with Crippen LogP contribution >= 0.6 is 11.8 Å². The van der Waals surface area contributed by atoms with E-state index in [0.717, 1.165) is 16.1 Å². The number of anilines is 1. The van der Waals surface area contributed by atoms with Crippen LogP contribution in [0, 0.1) is 6.92 Å². The Morgan fingerprint density at radius 2 is 1.95 bits per heavy atom. The van der Waals surface area contributed by atoms with Crippen LogP contribution in [-0.2, 0) is 16.1 Å². The minimum Gasteiger partial charge on any atom is -0.380 e. The number of nitrogens with one attached hydrogen (secondary N) is 1. The van der Waals surface area contributed by atoms with Crippen molar-refractivity contribution in [1.82, 2.24) is 0 Å². The molecule has 116 valence electrons. The fourth-order valence-corrected chi connectivity index (χ4v) is 2.89. The van der Waals surface area contributed by atoms with Crippen molar-refractivity contribution in [3.05, 3.63) is 59.7 Å². The lowest BCUT2D eigenvalue weighted by Crippen LogP contribution is -2.22. The van der Waals surface area contributed by atoms with E-state index >= 15 is 0 Å². The maximum atomic E-state index is 12.3. The normalized spacial score (nSPS) is 12.0. The topological polar surface area (TPSA) is 38.3 Å². The van der Waals surface area contributed by atoms with Crippen LogP contribution in [0.1, 0.15) is 18.1 Å². The van der Waals surface area contributed by atoms with Crippen LogP contribution in [0.25, 0.3) is 0 Å². The Kier molecular flexibility index (Phi) is 6.04. The van der Waals surface area contributed by atoms with Gasteiger partial charge in [0.1, 0.15) is 0 Å². The first-order chi connectivity index (χ1) is 10.6. The molecule has 0 radical (unpaired) electrons. The third-order valence-electron chi connectivity index (χ3n) is 3.21. The highest BCUT2D eigenvalue weighted by molar-refractivity contribution is 8.00. The number of thioether (sulfide) groups is 1. The van der Waals surface area contributed by atoms with Gasteiger partial charge in [0.05, 0.1) is 11.9 Å². The fourth-order valence-electron chi connectivity index (χ4n) is 2.02. The summed E-state index contributed by atoms with van der Waals surface area (Å²) in [6.07, 6.45) is 0. The highest BCUT2D eigenvalue weighted by Crippen LogP contribution is 2.24. The van der Waals surface area contributed by atoms with Crippen LogP contribution < -0.4 is 5.32 Å². The molecule has 1 amide bonds. The molecule has 0 saturated heterocycles. The van der Waals surface area contributed by atoms with Gasteiger partial charge in [-0.15, -0.1) is 11.8 Å². The van der Waals surface area contributed by atoms with Crippen LogP contribution in [0.3, 0.4) is 0 Å². The molecular weight excluding hydrogens is 294 g/mol. The van der Waals surface area contributed by atoms with Crippen molar-refractivity contribution < 1.29 is 9.53 Å². The SMILES string of the molecule is COCc1cccc(NC(=O)C(C)Sc2ccc(C)cc2)c1. The van der Waals surface area contributed by atoms with Gasteiger partial charge in [-0.25, -0.2) is 0 Å². The van der Waals surface area contributed by atoms with Crippen LogP contribution in [0.15, 0.2) is 53.4 Å². The van der Waals surface area contributed by atoms with Gasteiger partial charge in [0.25, 0.3) is 0 Å². The molecule has 0 aliphatic rings. The van der Waals surface area contributed by atoms with Crippen LogP contribution in [0.5, 0.6) is 0 Å². The summed E-state index contributed by atoms with van der Waals surface area (Å²) < 4.78 is 5.11. The van der Waals surface area contributed by atoms with E-state index in [1.54, 1.807) is 18.9 Å². The molecule has 0 aliphatic heterocycles. The van der Waals surface area contributed by atoms with Gasteiger partial charge in [0, 0.05) is 17.7 Å². The second-order valence-corrected chi connectivity index (χ2v) is 6.61. The molecule has 0 aromatic heterocycles. The number of hydrogen-bond donors (Lipinski definition) is 1. The van der Waals surface area contributed by atoms with E-state index < -0.39 is 0 Å². The summed E-state index contributed by atoms with van der Waals surface area (Å²) in [5.74, 6) is 0.000131. The first-order valence-corrected chi connectivity index (χ1v) is 8.08. The van der Waals surface area contributed by atoms with Gasteiger partial charge in [-0.1, -0.05) is 29.8 Å². The number of methoxy groups -OCH3 is 1. The average Bonchev–Trinajstić information content (AvgIpc) is 2.50. The van der Waals surface area contributed by atoms with Crippen molar-refractivity contribution in [2.24, 2.45) is 0 Å². The Labute approximate surface area is 136 Å². The number of aryl methyl sites for hydroxylation is 1. The summed E-state index contributed by atoms with van der Waals surface area (Å²) in [6, 6.07) is 15.9. The molecule has 1 atom stereocenters. The average molecular weight is 315 g/mol. The molecule has 0 bridgehead atoms. The zero-order valence-electron chi connectivity index (χ0n) is 13.1. The van der Waals surface area contributed by atoms with Crippen molar-refractivity contribution in [2.45, 2.75) is 30.6 Å². The van der Waals surface area contributed by atoms with Crippen molar-refractivity contribution >= 4 is 23.4 Å². The number of rotatable bonds is 6. The molecule has 3 nitrogen and oxygen atoms in total. The summed E-state index contributed by atoms with van der Waals surface area (Å²) in [4.78, 5) is 13.4. The molecule has 0 saturated carbocycles. The summed E-state index contributed by atoms with van der Waals surface area (Å²) in [5.41, 5.74) is 3.06. The number of carbonyl (C=O) groups is 1. The molecule has 1 unspecified atom stereocenters. The molecule has 2 rings (SSSR count). The minimum absolute atomic E-state index is 0.000131. The number of carbonyl (C=O) groups excluding carboxylic acids is 1. The fraction of sp³-hybridized carbons (Fsp3) is 0.278. The van der Waals surface area contributed by atoms with Gasteiger partial charge >= 0.3 is 0 Å². The largest absolute Gasteiger partial charge is 0.380 e. The van der Waals surface area contributed by atoms with E-state index in [0.29, 0.717) is 6.61 Å². The first kappa shape index (κ1) is 16.6. The van der Waals surface area contributed by atoms with Crippen molar-refractivity contribution in [3.63, 3.8) is 0 Å². The van der Waals surface area contributed by atoms with Gasteiger partial charge in [0.15, 0.2) is 0 Å². The van der Waals surface area contributed by atoms with Gasteiger partial charge < -0.3 is 10.1 Å². The highest BCUT2D eigenvalue weighted by Gasteiger charge is 2.14. The van der Waals surface area contributed by atoms with E-state index in [1.807, 2.05) is 43.3 Å². The standard InChI is InChI=1S/C18H21NO2S/c1-13-7-9-17(10-8-13)22-14(2)18(20)19-16-6-4-5-15(11-16)12-21-3/h4-11,14H,12H2,1-3H3,(H,19,20). The molecule has 2 aromatic rings. The monoisotopic (exact) mass is 315 g/mol. The third-order valence-corrected chi connectivity index (χ3v) is 4.32. The molecule has 2 aromatic carbocycles. The van der Waals surface area contributed by atoms with Gasteiger partial charge in [0.2, 0.25) is 5.91 Å². The Balaban J connectivity index is 1.96. The van der Waals surface area contributed by atoms with E-state index in [2.05, 4.69) is 24.4 Å². The molecule has 0 heterocycles. The molecule has 4 heteroatoms. The second-order valence-electron chi connectivity index (χ2n) is 5.20. The lowest BCUT2D eigenvalue weighted by molar-refractivity contribution is -0.115. The van der Waals surface area contributed by atoms with E-state index in [9.17, 15) is 4.79 Å². The number of ether oxygens (including phenoxy) is 1. The van der Waals surface area contributed by atoms with Gasteiger partial charge in [-0.05, 0) is 43.7 Å². The van der Waals surface area contributed by atoms with E-state index in [4.69, 9.17) is 4.74 Å². The Morgan fingerprint density at radius 1 is 1.23 bits per heavy atom. The van der Waals surface area contributed by atoms with Crippen LogP contribution in [0.4, 0.5) is 5.69 Å². The predicted molar refractivity (Wildman–Crippen MR) is 92.3 cm³/mol. The van der Waals surface area contributed by atoms with Crippen LogP contribution in [0.2, 0.25) is 0 Å². The maximum Gasteiger partial charge on any atom is 0.237 e. The lowest BCUT2D eigenvalue weighted by Gasteiger charge is -2.13. The van der Waals surface area contributed by atoms with Gasteiger partial charge in [-0.2, -0.15) is 0 Å². The first-order valence-electron chi connectivity index (χ1n) is 7.20. The van der Waals surface area contributed by atoms with Gasteiger partial charge in [-0.3, -0.25) is 4.79 Å². The highest BCUT2D eigenvalue weighted by atomic mass is 32.2. The van der Waals surface area contributed by atoms with Crippen molar-refractivity contribution in [2.75, 3.05) is 12.4 Å². The van der Waals surface area contributed by atoms with E-state index in [-0.39, 0.29) is 11.2 Å². The second kappa shape index (κ2) is 8.01. The Bertz CT molecular complexity index is 625. The van der Waals surface area contributed by atoms with Crippen molar-refractivity contribution in [1.29, 1.82) is 0 Å². The molecule has 0 aliphatic carbocycles. The summed E-state index contributed by atoms with van der Waals surface area (Å²) in [6.45, 7) is 4.51. The maximum absolute atomic E-state index is 12.3. The van der Waals surface area contributed by atoms with E-state index in [1.165, 1.54) is 5.56 Å². The smallest absolute Gasteiger partial charge is 0.237 e. The molecule has 22 heavy (non-hydrogen) atoms. The molecule has 0 fully saturated rings. The van der Waals surface area contributed by atoms with Crippen molar-refractivity contribution in [3.8, 4) is 0 Å². The Morgan fingerprint density at radius 3 is 2.64 bits per heavy atom. The number of amides is 1. The minimum atomic E-state index is -0.159. The quantitative estimate of drug-likeness (QED) is 0.809. The molecular formula is C18H21NO2S. The summed E-state index contributed by atoms with van der Waals surface area (Å²) in [7, 11) is 1.66. The summed E-state index contributed by atoms with van der Waals surface area (Å²) >= 11 is 1.56. The lowest BCUT2D eigenvalue weighted by atomic mass is 10.2.